The summed E-state index contributed by atoms with van der Waals surface area (Å²) in [6, 6.07) is 0. The molecule has 0 bridgehead atoms. The lowest BCUT2D eigenvalue weighted by atomic mass is 10.1. The first-order valence-corrected chi connectivity index (χ1v) is 6.31. The van der Waals surface area contributed by atoms with Crippen LogP contribution in [0.4, 0.5) is 0 Å². The zero-order chi connectivity index (χ0) is 13.6. The third-order valence-corrected chi connectivity index (χ3v) is 3.82. The van der Waals surface area contributed by atoms with Crippen molar-refractivity contribution in [3.63, 3.8) is 0 Å². The van der Waals surface area contributed by atoms with Crippen LogP contribution in [0.1, 0.15) is 0 Å². The maximum atomic E-state index is 10.1. The van der Waals surface area contributed by atoms with Crippen molar-refractivity contribution in [2.75, 3.05) is 19.9 Å². The second-order valence-corrected chi connectivity index (χ2v) is 4.92. The average Bonchev–Trinajstić information content (AvgIpc) is 2.94. The van der Waals surface area contributed by atoms with Crippen LogP contribution in [0.25, 0.3) is 0 Å². The van der Waals surface area contributed by atoms with Gasteiger partial charge in [-0.2, -0.15) is 0 Å². The largest absolute Gasteiger partial charge is 0.387 e. The van der Waals surface area contributed by atoms with E-state index in [1.54, 1.807) is 0 Å². The lowest BCUT2D eigenvalue weighted by molar-refractivity contribution is -0.0958. The Hall–Kier alpha value is -1.10. The Labute approximate surface area is 110 Å². The Morgan fingerprint density at radius 2 is 2.11 bits per heavy atom. The van der Waals surface area contributed by atoms with Crippen LogP contribution in [0.5, 0.6) is 0 Å². The van der Waals surface area contributed by atoms with Crippen LogP contribution in [-0.4, -0.2) is 65.7 Å². The van der Waals surface area contributed by atoms with Crippen molar-refractivity contribution in [3.8, 4) is 0 Å². The minimum Gasteiger partial charge on any atom is -0.387 e. The molecule has 3 rings (SSSR count). The molecule has 19 heavy (non-hydrogen) atoms. The molecule has 0 aromatic carbocycles. The molecule has 3 aliphatic heterocycles. The van der Waals surface area contributed by atoms with Gasteiger partial charge in [-0.1, -0.05) is 0 Å². The predicted octanol–water partition coefficient (Wildman–Crippen LogP) is -4.14. The fourth-order valence-corrected chi connectivity index (χ4v) is 2.77. The van der Waals surface area contributed by atoms with Gasteiger partial charge in [-0.15, -0.1) is 0 Å². The van der Waals surface area contributed by atoms with Gasteiger partial charge in [0.05, 0.1) is 19.0 Å². The van der Waals surface area contributed by atoms with Gasteiger partial charge in [-0.3, -0.25) is 5.32 Å². The van der Waals surface area contributed by atoms with E-state index in [2.05, 4.69) is 16.0 Å². The highest BCUT2D eigenvalue weighted by Crippen LogP contribution is 2.28. The van der Waals surface area contributed by atoms with Gasteiger partial charge in [0.1, 0.15) is 36.5 Å². The SMILES string of the molecule is NCC1OC(N2CNC3=C(N)NCNC32)C(O)C1O. The monoisotopic (exact) mass is 272 g/mol. The van der Waals surface area contributed by atoms with Gasteiger partial charge in [-0.05, 0) is 0 Å². The predicted molar refractivity (Wildman–Crippen MR) is 65.7 cm³/mol. The van der Waals surface area contributed by atoms with E-state index >= 15 is 0 Å². The van der Waals surface area contributed by atoms with Gasteiger partial charge >= 0.3 is 0 Å². The zero-order valence-corrected chi connectivity index (χ0v) is 10.4. The molecule has 108 valence electrons. The van der Waals surface area contributed by atoms with Gasteiger partial charge in [0, 0.05) is 6.54 Å². The molecule has 0 radical (unpaired) electrons. The van der Waals surface area contributed by atoms with Crippen molar-refractivity contribution in [2.45, 2.75) is 30.7 Å². The Kier molecular flexibility index (Phi) is 3.25. The number of rotatable bonds is 2. The van der Waals surface area contributed by atoms with E-state index in [0.717, 1.165) is 5.70 Å². The maximum Gasteiger partial charge on any atom is 0.142 e. The summed E-state index contributed by atoms with van der Waals surface area (Å²) in [4.78, 5) is 1.88. The highest BCUT2D eigenvalue weighted by molar-refractivity contribution is 5.21. The summed E-state index contributed by atoms with van der Waals surface area (Å²) in [7, 11) is 0. The fourth-order valence-electron chi connectivity index (χ4n) is 2.77. The summed E-state index contributed by atoms with van der Waals surface area (Å²) < 4.78 is 5.64. The number of hydrogen-bond acceptors (Lipinski definition) is 9. The number of ether oxygens (including phenoxy) is 1. The first-order chi connectivity index (χ1) is 9.13. The zero-order valence-electron chi connectivity index (χ0n) is 10.4. The molecule has 0 spiro atoms. The molecule has 9 N–H and O–H groups in total. The number of nitrogens with zero attached hydrogens (tertiary/aromatic N) is 1. The minimum absolute atomic E-state index is 0.162. The van der Waals surface area contributed by atoms with Crippen molar-refractivity contribution < 1.29 is 14.9 Å². The quantitative estimate of drug-likeness (QED) is 0.267. The molecule has 5 unspecified atom stereocenters. The summed E-state index contributed by atoms with van der Waals surface area (Å²) in [5, 5.41) is 29.3. The van der Waals surface area contributed by atoms with Gasteiger partial charge in [0.15, 0.2) is 0 Å². The third kappa shape index (κ3) is 1.95. The highest BCUT2D eigenvalue weighted by Gasteiger charge is 2.49. The molecule has 2 fully saturated rings. The molecule has 0 saturated carbocycles. The molecule has 2 saturated heterocycles. The van der Waals surface area contributed by atoms with E-state index < -0.39 is 24.5 Å². The van der Waals surface area contributed by atoms with Crippen LogP contribution in [0.15, 0.2) is 11.5 Å². The van der Waals surface area contributed by atoms with Crippen LogP contribution in [-0.2, 0) is 4.74 Å². The lowest BCUT2D eigenvalue weighted by Crippen LogP contribution is -2.56. The van der Waals surface area contributed by atoms with E-state index in [1.165, 1.54) is 0 Å². The standard InChI is InChI=1S/C10H20N6O3/c11-1-4-6(17)7(18)10(19-4)16-3-15-5-8(12)13-2-14-9(5)16/h4,6-7,9-10,13-15,17-18H,1-3,11-12H2. The summed E-state index contributed by atoms with van der Waals surface area (Å²) >= 11 is 0. The Morgan fingerprint density at radius 1 is 1.32 bits per heavy atom. The van der Waals surface area contributed by atoms with E-state index in [9.17, 15) is 10.2 Å². The molecule has 3 aliphatic rings. The Bertz CT molecular complexity index is 391. The normalized spacial score (nSPS) is 43.0. The summed E-state index contributed by atoms with van der Waals surface area (Å²) in [5.74, 6) is 0.578. The molecule has 0 aromatic rings. The molecular formula is C10H20N6O3. The van der Waals surface area contributed by atoms with Crippen LogP contribution < -0.4 is 27.4 Å². The van der Waals surface area contributed by atoms with Crippen molar-refractivity contribution in [2.24, 2.45) is 11.5 Å². The minimum atomic E-state index is -0.993. The van der Waals surface area contributed by atoms with Crippen molar-refractivity contribution in [3.05, 3.63) is 11.5 Å². The van der Waals surface area contributed by atoms with Crippen molar-refractivity contribution in [1.82, 2.24) is 20.9 Å². The summed E-state index contributed by atoms with van der Waals surface area (Å²) in [5.41, 5.74) is 12.2. The number of aliphatic hydroxyl groups excluding tert-OH is 2. The molecule has 3 heterocycles. The number of nitrogens with one attached hydrogen (secondary N) is 3. The molecule has 0 aromatic heterocycles. The van der Waals surface area contributed by atoms with Gasteiger partial charge in [0.2, 0.25) is 0 Å². The van der Waals surface area contributed by atoms with Crippen LogP contribution >= 0.6 is 0 Å². The molecule has 9 nitrogen and oxygen atoms in total. The van der Waals surface area contributed by atoms with E-state index in [4.69, 9.17) is 16.2 Å². The topological polar surface area (TPSA) is 141 Å². The van der Waals surface area contributed by atoms with Crippen LogP contribution in [0.2, 0.25) is 0 Å². The number of hydrogen-bond donors (Lipinski definition) is 7. The van der Waals surface area contributed by atoms with Crippen LogP contribution in [0, 0.1) is 0 Å². The number of aliphatic hydroxyl groups is 2. The van der Waals surface area contributed by atoms with Crippen molar-refractivity contribution >= 4 is 0 Å². The third-order valence-electron chi connectivity index (χ3n) is 3.82. The Morgan fingerprint density at radius 3 is 2.79 bits per heavy atom. The Balaban J connectivity index is 1.79. The second kappa shape index (κ2) is 4.78. The smallest absolute Gasteiger partial charge is 0.142 e. The molecular weight excluding hydrogens is 252 g/mol. The first-order valence-electron chi connectivity index (χ1n) is 6.31. The van der Waals surface area contributed by atoms with Gasteiger partial charge in [0.25, 0.3) is 0 Å². The average molecular weight is 272 g/mol. The maximum absolute atomic E-state index is 10.1. The fraction of sp³-hybridized carbons (Fsp3) is 0.800. The number of fused-ring (bicyclic) bond motifs is 1. The lowest BCUT2D eigenvalue weighted by Gasteiger charge is -2.33. The molecule has 0 amide bonds. The second-order valence-electron chi connectivity index (χ2n) is 4.92. The van der Waals surface area contributed by atoms with E-state index in [0.29, 0.717) is 19.2 Å². The van der Waals surface area contributed by atoms with E-state index in [1.807, 2.05) is 4.90 Å². The van der Waals surface area contributed by atoms with E-state index in [-0.39, 0.29) is 12.7 Å². The van der Waals surface area contributed by atoms with Gasteiger partial charge in [-0.25, -0.2) is 4.90 Å². The molecule has 9 heteroatoms. The summed E-state index contributed by atoms with van der Waals surface area (Å²) in [6.45, 7) is 1.17. The molecule has 0 aliphatic carbocycles. The van der Waals surface area contributed by atoms with Crippen molar-refractivity contribution in [1.29, 1.82) is 0 Å². The van der Waals surface area contributed by atoms with Gasteiger partial charge < -0.3 is 37.1 Å². The first kappa shape index (κ1) is 12.9. The van der Waals surface area contributed by atoms with Crippen LogP contribution in [0.3, 0.4) is 0 Å². The summed E-state index contributed by atoms with van der Waals surface area (Å²) in [6.07, 6.45) is -3.29. The number of nitrogens with two attached hydrogens (primary N) is 2. The molecule has 5 atom stereocenters. The highest BCUT2D eigenvalue weighted by atomic mass is 16.6.